The molecule has 1 aliphatic rings. The van der Waals surface area contributed by atoms with Gasteiger partial charge in [0.25, 0.3) is 0 Å². The maximum absolute atomic E-state index is 12.5. The van der Waals surface area contributed by atoms with Gasteiger partial charge in [0.2, 0.25) is 5.91 Å². The van der Waals surface area contributed by atoms with Crippen LogP contribution in [0.15, 0.2) is 65.5 Å². The first kappa shape index (κ1) is 19.2. The van der Waals surface area contributed by atoms with Crippen LogP contribution in [0.2, 0.25) is 5.02 Å². The molecule has 0 atom stereocenters. The Morgan fingerprint density at radius 2 is 1.76 bits per heavy atom. The van der Waals surface area contributed by atoms with Gasteiger partial charge in [-0.1, -0.05) is 41.9 Å². The third-order valence-electron chi connectivity index (χ3n) is 5.17. The van der Waals surface area contributed by atoms with Gasteiger partial charge in [-0.2, -0.15) is 5.10 Å². The predicted octanol–water partition coefficient (Wildman–Crippen LogP) is 3.63. The van der Waals surface area contributed by atoms with Crippen LogP contribution in [0.25, 0.3) is 11.8 Å². The number of amides is 1. The number of likely N-dealkylation sites (tertiary alicyclic amines) is 1. The van der Waals surface area contributed by atoms with E-state index in [2.05, 4.69) is 10.2 Å². The second-order valence-electron chi connectivity index (χ2n) is 7.04. The molecule has 0 aliphatic carbocycles. The molecular formula is C22H21ClN4O2. The van der Waals surface area contributed by atoms with Crippen molar-refractivity contribution in [3.8, 4) is 5.69 Å². The number of halogens is 1. The molecule has 148 valence electrons. The molecule has 1 fully saturated rings. The van der Waals surface area contributed by atoms with Gasteiger partial charge >= 0.3 is 5.69 Å². The summed E-state index contributed by atoms with van der Waals surface area (Å²) in [7, 11) is 0. The highest BCUT2D eigenvalue weighted by molar-refractivity contribution is 6.30. The molecule has 0 spiro atoms. The molecule has 2 aromatic carbocycles. The minimum Gasteiger partial charge on any atom is -0.339 e. The van der Waals surface area contributed by atoms with Crippen LogP contribution in [0.4, 0.5) is 0 Å². The lowest BCUT2D eigenvalue weighted by Gasteiger charge is -2.30. The van der Waals surface area contributed by atoms with Gasteiger partial charge in [0, 0.05) is 30.1 Å². The Bertz CT molecular complexity index is 1060. The molecule has 1 saturated heterocycles. The SMILES string of the molecule is O=C(C=Cc1ccc(Cl)cc1)N1CCC(c2n[nH]c(=O)n2-c2ccccc2)CC1. The van der Waals surface area contributed by atoms with Crippen LogP contribution in [-0.4, -0.2) is 38.7 Å². The number of piperidine rings is 1. The zero-order chi connectivity index (χ0) is 20.2. The first-order valence-electron chi connectivity index (χ1n) is 9.57. The summed E-state index contributed by atoms with van der Waals surface area (Å²) in [6.07, 6.45) is 4.92. The molecule has 0 bridgehead atoms. The second-order valence-corrected chi connectivity index (χ2v) is 7.48. The van der Waals surface area contributed by atoms with E-state index in [1.807, 2.05) is 47.4 Å². The lowest BCUT2D eigenvalue weighted by atomic mass is 9.95. The molecule has 1 N–H and O–H groups in total. The molecule has 4 rings (SSSR count). The number of aromatic nitrogens is 3. The Hall–Kier alpha value is -3.12. The van der Waals surface area contributed by atoms with E-state index in [1.54, 1.807) is 28.9 Å². The molecule has 0 saturated carbocycles. The number of hydrogen-bond acceptors (Lipinski definition) is 3. The van der Waals surface area contributed by atoms with E-state index < -0.39 is 0 Å². The molecule has 3 aromatic rings. The van der Waals surface area contributed by atoms with Gasteiger partial charge in [-0.3, -0.25) is 4.79 Å². The summed E-state index contributed by atoms with van der Waals surface area (Å²) in [5.74, 6) is 0.837. The van der Waals surface area contributed by atoms with Crippen LogP contribution >= 0.6 is 11.6 Å². The smallest absolute Gasteiger partial charge is 0.339 e. The number of carbonyl (C=O) groups is 1. The molecule has 0 unspecified atom stereocenters. The Kier molecular flexibility index (Phi) is 5.62. The summed E-state index contributed by atoms with van der Waals surface area (Å²) < 4.78 is 1.63. The summed E-state index contributed by atoms with van der Waals surface area (Å²) in [5.41, 5.74) is 1.49. The van der Waals surface area contributed by atoms with Crippen molar-refractivity contribution in [2.75, 3.05) is 13.1 Å². The van der Waals surface area contributed by atoms with Crippen molar-refractivity contribution in [1.82, 2.24) is 19.7 Å². The normalized spacial score (nSPS) is 15.1. The van der Waals surface area contributed by atoms with Gasteiger partial charge in [-0.05, 0) is 48.7 Å². The number of H-pyrrole nitrogens is 1. The zero-order valence-corrected chi connectivity index (χ0v) is 16.5. The predicted molar refractivity (Wildman–Crippen MR) is 113 cm³/mol. The monoisotopic (exact) mass is 408 g/mol. The molecule has 6 nitrogen and oxygen atoms in total. The molecular weight excluding hydrogens is 388 g/mol. The molecule has 1 amide bonds. The number of carbonyl (C=O) groups excluding carboxylic acids is 1. The van der Waals surface area contributed by atoms with Gasteiger partial charge in [0.05, 0.1) is 5.69 Å². The van der Waals surface area contributed by atoms with Crippen molar-refractivity contribution in [2.45, 2.75) is 18.8 Å². The van der Waals surface area contributed by atoms with E-state index in [9.17, 15) is 9.59 Å². The molecule has 0 radical (unpaired) electrons. The lowest BCUT2D eigenvalue weighted by molar-refractivity contribution is -0.127. The Morgan fingerprint density at radius 3 is 2.45 bits per heavy atom. The highest BCUT2D eigenvalue weighted by Gasteiger charge is 2.27. The van der Waals surface area contributed by atoms with Gasteiger partial charge < -0.3 is 4.90 Å². The zero-order valence-electron chi connectivity index (χ0n) is 15.8. The lowest BCUT2D eigenvalue weighted by Crippen LogP contribution is -2.37. The summed E-state index contributed by atoms with van der Waals surface area (Å²) >= 11 is 5.88. The highest BCUT2D eigenvalue weighted by atomic mass is 35.5. The standard InChI is InChI=1S/C22H21ClN4O2/c23-18-9-6-16(7-10-18)8-11-20(28)26-14-12-17(13-15-26)21-24-25-22(29)27(21)19-4-2-1-3-5-19/h1-11,17H,12-15H2,(H,25,29). The minimum absolute atomic E-state index is 0.0131. The number of para-hydroxylation sites is 1. The number of nitrogens with zero attached hydrogens (tertiary/aromatic N) is 3. The topological polar surface area (TPSA) is 71.0 Å². The molecule has 1 aromatic heterocycles. The maximum atomic E-state index is 12.5. The van der Waals surface area contributed by atoms with Gasteiger partial charge in [-0.25, -0.2) is 14.5 Å². The fraction of sp³-hybridized carbons (Fsp3) is 0.227. The van der Waals surface area contributed by atoms with E-state index in [4.69, 9.17) is 11.6 Å². The van der Waals surface area contributed by atoms with Crippen molar-refractivity contribution < 1.29 is 4.79 Å². The van der Waals surface area contributed by atoms with E-state index in [0.717, 1.165) is 29.9 Å². The molecule has 2 heterocycles. The van der Waals surface area contributed by atoms with Crippen LogP contribution in [-0.2, 0) is 4.79 Å². The van der Waals surface area contributed by atoms with Crippen LogP contribution in [0.1, 0.15) is 30.1 Å². The second kappa shape index (κ2) is 8.49. The van der Waals surface area contributed by atoms with Crippen molar-refractivity contribution in [3.05, 3.63) is 87.6 Å². The number of hydrogen-bond donors (Lipinski definition) is 1. The molecule has 1 aliphatic heterocycles. The van der Waals surface area contributed by atoms with E-state index in [-0.39, 0.29) is 17.5 Å². The summed E-state index contributed by atoms with van der Waals surface area (Å²) in [4.78, 5) is 26.6. The largest absolute Gasteiger partial charge is 0.347 e. The Labute approximate surface area is 173 Å². The van der Waals surface area contributed by atoms with Crippen LogP contribution in [0, 0.1) is 0 Å². The summed E-state index contributed by atoms with van der Waals surface area (Å²) in [6, 6.07) is 16.8. The third kappa shape index (κ3) is 4.32. The first-order valence-corrected chi connectivity index (χ1v) is 9.95. The summed E-state index contributed by atoms with van der Waals surface area (Å²) in [6.45, 7) is 1.26. The van der Waals surface area contributed by atoms with E-state index in [1.165, 1.54) is 0 Å². The van der Waals surface area contributed by atoms with Crippen molar-refractivity contribution in [1.29, 1.82) is 0 Å². The fourth-order valence-electron chi connectivity index (χ4n) is 3.61. The third-order valence-corrected chi connectivity index (χ3v) is 5.42. The van der Waals surface area contributed by atoms with Crippen LogP contribution in [0.3, 0.4) is 0 Å². The average Bonchev–Trinajstić information content (AvgIpc) is 3.15. The number of rotatable bonds is 4. The quantitative estimate of drug-likeness (QED) is 0.670. The summed E-state index contributed by atoms with van der Waals surface area (Å²) in [5, 5.41) is 7.50. The molecule has 29 heavy (non-hydrogen) atoms. The number of nitrogens with one attached hydrogen (secondary N) is 1. The first-order chi connectivity index (χ1) is 14.1. The van der Waals surface area contributed by atoms with E-state index >= 15 is 0 Å². The van der Waals surface area contributed by atoms with Gasteiger partial charge in [0.15, 0.2) is 0 Å². The average molecular weight is 409 g/mol. The van der Waals surface area contributed by atoms with Gasteiger partial charge in [-0.15, -0.1) is 0 Å². The molecule has 7 heteroatoms. The van der Waals surface area contributed by atoms with Crippen molar-refractivity contribution in [2.24, 2.45) is 0 Å². The maximum Gasteiger partial charge on any atom is 0.347 e. The highest BCUT2D eigenvalue weighted by Crippen LogP contribution is 2.27. The Morgan fingerprint density at radius 1 is 1.07 bits per heavy atom. The van der Waals surface area contributed by atoms with Crippen LogP contribution in [0.5, 0.6) is 0 Å². The minimum atomic E-state index is -0.240. The Balaban J connectivity index is 1.42. The van der Waals surface area contributed by atoms with E-state index in [0.29, 0.717) is 18.1 Å². The van der Waals surface area contributed by atoms with Gasteiger partial charge in [0.1, 0.15) is 5.82 Å². The number of aromatic amines is 1. The van der Waals surface area contributed by atoms with Crippen LogP contribution < -0.4 is 5.69 Å². The van der Waals surface area contributed by atoms with Crippen molar-refractivity contribution >= 4 is 23.6 Å². The van der Waals surface area contributed by atoms with Crippen molar-refractivity contribution in [3.63, 3.8) is 0 Å². The number of benzene rings is 2. The fourth-order valence-corrected chi connectivity index (χ4v) is 3.74.